The second-order valence-electron chi connectivity index (χ2n) is 4.72. The Bertz CT molecular complexity index is 498. The molecule has 3 heteroatoms. The summed E-state index contributed by atoms with van der Waals surface area (Å²) in [5, 5.41) is 0.683. The number of thiazole rings is 1. The minimum absolute atomic E-state index is 0.177. The number of rotatable bonds is 2. The van der Waals surface area contributed by atoms with Crippen molar-refractivity contribution in [3.8, 4) is 0 Å². The molecule has 1 saturated carbocycles. The average Bonchev–Trinajstić information content (AvgIpc) is 2.99. The fraction of sp³-hybridized carbons (Fsp3) is 0.357. The van der Waals surface area contributed by atoms with Crippen molar-refractivity contribution in [3.05, 3.63) is 47.0 Å². The van der Waals surface area contributed by atoms with E-state index in [0.29, 0.717) is 5.13 Å². The van der Waals surface area contributed by atoms with Crippen molar-refractivity contribution < 1.29 is 0 Å². The Labute approximate surface area is 106 Å². The Morgan fingerprint density at radius 3 is 2.41 bits per heavy atom. The van der Waals surface area contributed by atoms with Crippen LogP contribution in [0.2, 0.25) is 0 Å². The van der Waals surface area contributed by atoms with Crippen LogP contribution in [0, 0.1) is 0 Å². The SMILES string of the molecule is Nc1ncc(C2(c3ccccc3)CCCC2)s1. The maximum atomic E-state index is 5.79. The molecule has 2 aromatic rings. The number of nitrogens with two attached hydrogens (primary N) is 1. The van der Waals surface area contributed by atoms with Crippen LogP contribution in [0.25, 0.3) is 0 Å². The fourth-order valence-electron chi connectivity index (χ4n) is 2.92. The molecular formula is C14H16N2S. The molecule has 88 valence electrons. The number of benzene rings is 1. The molecule has 1 aliphatic carbocycles. The van der Waals surface area contributed by atoms with Gasteiger partial charge in [-0.15, -0.1) is 11.3 Å². The molecule has 0 bridgehead atoms. The van der Waals surface area contributed by atoms with E-state index in [1.54, 1.807) is 11.3 Å². The molecule has 2 N–H and O–H groups in total. The van der Waals surface area contributed by atoms with Crippen molar-refractivity contribution in [1.82, 2.24) is 4.98 Å². The first-order chi connectivity index (χ1) is 8.31. The minimum atomic E-state index is 0.177. The first-order valence-electron chi connectivity index (χ1n) is 6.09. The smallest absolute Gasteiger partial charge is 0.180 e. The van der Waals surface area contributed by atoms with Gasteiger partial charge in [0.1, 0.15) is 0 Å². The molecule has 0 saturated heterocycles. The van der Waals surface area contributed by atoms with E-state index in [1.807, 2.05) is 6.20 Å². The van der Waals surface area contributed by atoms with E-state index >= 15 is 0 Å². The van der Waals surface area contributed by atoms with E-state index in [9.17, 15) is 0 Å². The summed E-state index contributed by atoms with van der Waals surface area (Å²) in [6, 6.07) is 10.8. The Morgan fingerprint density at radius 1 is 1.12 bits per heavy atom. The molecule has 1 aromatic carbocycles. The normalized spacial score (nSPS) is 18.4. The van der Waals surface area contributed by atoms with E-state index < -0.39 is 0 Å². The zero-order chi connectivity index (χ0) is 11.7. The summed E-state index contributed by atoms with van der Waals surface area (Å²) in [7, 11) is 0. The highest BCUT2D eigenvalue weighted by atomic mass is 32.1. The van der Waals surface area contributed by atoms with Crippen molar-refractivity contribution >= 4 is 16.5 Å². The summed E-state index contributed by atoms with van der Waals surface area (Å²) < 4.78 is 0. The third-order valence-corrected chi connectivity index (χ3v) is 4.81. The second-order valence-corrected chi connectivity index (χ2v) is 5.78. The van der Waals surface area contributed by atoms with Crippen molar-refractivity contribution in [2.45, 2.75) is 31.1 Å². The molecule has 1 aliphatic rings. The van der Waals surface area contributed by atoms with Crippen LogP contribution >= 0.6 is 11.3 Å². The molecule has 3 rings (SSSR count). The third kappa shape index (κ3) is 1.75. The van der Waals surface area contributed by atoms with E-state index in [0.717, 1.165) is 0 Å². The van der Waals surface area contributed by atoms with E-state index in [-0.39, 0.29) is 5.41 Å². The van der Waals surface area contributed by atoms with Gasteiger partial charge in [-0.1, -0.05) is 43.2 Å². The van der Waals surface area contributed by atoms with Gasteiger partial charge < -0.3 is 5.73 Å². The van der Waals surface area contributed by atoms with Gasteiger partial charge in [0.2, 0.25) is 0 Å². The second kappa shape index (κ2) is 4.15. The lowest BCUT2D eigenvalue weighted by molar-refractivity contribution is 0.545. The predicted octanol–water partition coefficient (Wildman–Crippen LogP) is 3.59. The summed E-state index contributed by atoms with van der Waals surface area (Å²) in [6.07, 6.45) is 7.01. The largest absolute Gasteiger partial charge is 0.375 e. The van der Waals surface area contributed by atoms with Crippen LogP contribution < -0.4 is 5.73 Å². The topological polar surface area (TPSA) is 38.9 Å². The van der Waals surface area contributed by atoms with Crippen molar-refractivity contribution in [3.63, 3.8) is 0 Å². The molecular weight excluding hydrogens is 228 g/mol. The van der Waals surface area contributed by atoms with E-state index in [1.165, 1.54) is 36.1 Å². The van der Waals surface area contributed by atoms with Gasteiger partial charge in [-0.3, -0.25) is 0 Å². The van der Waals surface area contributed by atoms with Crippen LogP contribution in [0.4, 0.5) is 5.13 Å². The lowest BCUT2D eigenvalue weighted by atomic mass is 9.78. The van der Waals surface area contributed by atoms with Gasteiger partial charge in [-0.05, 0) is 18.4 Å². The number of hydrogen-bond acceptors (Lipinski definition) is 3. The standard InChI is InChI=1S/C14H16N2S/c15-13-16-10-12(17-13)14(8-4-5-9-14)11-6-2-1-3-7-11/h1-3,6-7,10H,4-5,8-9H2,(H2,15,16). The zero-order valence-electron chi connectivity index (χ0n) is 9.73. The van der Waals surface area contributed by atoms with Gasteiger partial charge in [-0.25, -0.2) is 4.98 Å². The number of nitrogen functional groups attached to an aromatic ring is 1. The Hall–Kier alpha value is -1.35. The molecule has 0 aliphatic heterocycles. The minimum Gasteiger partial charge on any atom is -0.375 e. The average molecular weight is 244 g/mol. The highest BCUT2D eigenvalue weighted by molar-refractivity contribution is 7.15. The molecule has 1 fully saturated rings. The summed E-state index contributed by atoms with van der Waals surface area (Å²) in [5.41, 5.74) is 7.39. The maximum Gasteiger partial charge on any atom is 0.180 e. The fourth-order valence-corrected chi connectivity index (χ4v) is 3.88. The number of anilines is 1. The monoisotopic (exact) mass is 244 g/mol. The van der Waals surface area contributed by atoms with Gasteiger partial charge >= 0.3 is 0 Å². The third-order valence-electron chi connectivity index (χ3n) is 3.78. The molecule has 2 nitrogen and oxygen atoms in total. The summed E-state index contributed by atoms with van der Waals surface area (Å²) in [5.74, 6) is 0. The van der Waals surface area contributed by atoms with Crippen LogP contribution in [-0.4, -0.2) is 4.98 Å². The molecule has 0 spiro atoms. The van der Waals surface area contributed by atoms with Gasteiger partial charge in [0.15, 0.2) is 5.13 Å². The Kier molecular flexibility index (Phi) is 2.63. The molecule has 1 heterocycles. The number of hydrogen-bond donors (Lipinski definition) is 1. The van der Waals surface area contributed by atoms with Gasteiger partial charge in [0, 0.05) is 16.5 Å². The van der Waals surface area contributed by atoms with Crippen molar-refractivity contribution in [2.24, 2.45) is 0 Å². The van der Waals surface area contributed by atoms with Crippen LogP contribution in [-0.2, 0) is 5.41 Å². The molecule has 17 heavy (non-hydrogen) atoms. The van der Waals surface area contributed by atoms with Crippen molar-refractivity contribution in [1.29, 1.82) is 0 Å². The number of aromatic nitrogens is 1. The highest BCUT2D eigenvalue weighted by Crippen LogP contribution is 2.48. The lowest BCUT2D eigenvalue weighted by Crippen LogP contribution is -2.22. The summed E-state index contributed by atoms with van der Waals surface area (Å²) in [6.45, 7) is 0. The summed E-state index contributed by atoms with van der Waals surface area (Å²) >= 11 is 1.65. The summed E-state index contributed by atoms with van der Waals surface area (Å²) in [4.78, 5) is 5.56. The predicted molar refractivity (Wildman–Crippen MR) is 72.2 cm³/mol. The Balaban J connectivity index is 2.11. The maximum absolute atomic E-state index is 5.79. The number of nitrogens with zero attached hydrogens (tertiary/aromatic N) is 1. The zero-order valence-corrected chi connectivity index (χ0v) is 10.5. The van der Waals surface area contributed by atoms with E-state index in [4.69, 9.17) is 5.73 Å². The molecule has 0 atom stereocenters. The highest BCUT2D eigenvalue weighted by Gasteiger charge is 2.38. The van der Waals surface area contributed by atoms with E-state index in [2.05, 4.69) is 35.3 Å². The van der Waals surface area contributed by atoms with Gasteiger partial charge in [0.05, 0.1) is 0 Å². The van der Waals surface area contributed by atoms with Gasteiger partial charge in [-0.2, -0.15) is 0 Å². The quantitative estimate of drug-likeness (QED) is 0.877. The molecule has 0 radical (unpaired) electrons. The first kappa shape index (κ1) is 10.8. The van der Waals surface area contributed by atoms with Crippen LogP contribution in [0.5, 0.6) is 0 Å². The van der Waals surface area contributed by atoms with Crippen LogP contribution in [0.1, 0.15) is 36.1 Å². The van der Waals surface area contributed by atoms with Crippen molar-refractivity contribution in [2.75, 3.05) is 5.73 Å². The van der Waals surface area contributed by atoms with Crippen LogP contribution in [0.3, 0.4) is 0 Å². The molecule has 0 amide bonds. The Morgan fingerprint density at radius 2 is 1.82 bits per heavy atom. The molecule has 0 unspecified atom stereocenters. The lowest BCUT2D eigenvalue weighted by Gasteiger charge is -2.28. The first-order valence-corrected chi connectivity index (χ1v) is 6.90. The molecule has 1 aromatic heterocycles. The van der Waals surface area contributed by atoms with Gasteiger partial charge in [0.25, 0.3) is 0 Å². The van der Waals surface area contributed by atoms with Crippen LogP contribution in [0.15, 0.2) is 36.5 Å².